The summed E-state index contributed by atoms with van der Waals surface area (Å²) in [5.41, 5.74) is 3.37. The molecule has 3 nitrogen and oxygen atoms in total. The van der Waals surface area contributed by atoms with E-state index in [4.69, 9.17) is 0 Å². The predicted octanol–water partition coefficient (Wildman–Crippen LogP) is 2.82. The maximum absolute atomic E-state index is 10.6. The molecule has 1 aliphatic rings. The summed E-state index contributed by atoms with van der Waals surface area (Å²) < 4.78 is 1.80. The first-order valence-electron chi connectivity index (χ1n) is 6.96. The molecule has 1 heterocycles. The molecule has 100 valence electrons. The second-order valence-electron chi connectivity index (χ2n) is 5.42. The molecule has 1 aliphatic carbocycles. The highest BCUT2D eigenvalue weighted by atomic mass is 16.3. The van der Waals surface area contributed by atoms with E-state index < -0.39 is 0 Å². The largest absolute Gasteiger partial charge is 0.388 e. The zero-order valence-electron chi connectivity index (χ0n) is 11.5. The Balaban J connectivity index is 1.78. The van der Waals surface area contributed by atoms with Crippen molar-refractivity contribution in [2.24, 2.45) is 13.0 Å². The van der Waals surface area contributed by atoms with E-state index in [1.165, 1.54) is 5.56 Å². The molecule has 3 atom stereocenters. The van der Waals surface area contributed by atoms with Gasteiger partial charge in [0.1, 0.15) is 0 Å². The molecule has 1 fully saturated rings. The van der Waals surface area contributed by atoms with Gasteiger partial charge < -0.3 is 5.11 Å². The van der Waals surface area contributed by atoms with Gasteiger partial charge in [-0.1, -0.05) is 37.3 Å². The van der Waals surface area contributed by atoms with Crippen molar-refractivity contribution in [3.8, 4) is 0 Å². The summed E-state index contributed by atoms with van der Waals surface area (Å²) in [5, 5.41) is 15.0. The van der Waals surface area contributed by atoms with Crippen molar-refractivity contribution >= 4 is 0 Å². The second kappa shape index (κ2) is 4.82. The average molecular weight is 256 g/mol. The third kappa shape index (κ3) is 2.30. The van der Waals surface area contributed by atoms with E-state index in [0.717, 1.165) is 24.1 Å². The molecule has 3 rings (SSSR count). The maximum atomic E-state index is 10.6. The van der Waals surface area contributed by atoms with Crippen molar-refractivity contribution in [1.29, 1.82) is 0 Å². The highest BCUT2D eigenvalue weighted by Gasteiger charge is 2.44. The Morgan fingerprint density at radius 2 is 2.11 bits per heavy atom. The van der Waals surface area contributed by atoms with E-state index in [0.29, 0.717) is 11.8 Å². The summed E-state index contributed by atoms with van der Waals surface area (Å²) in [4.78, 5) is 0. The molecule has 1 saturated carbocycles. The van der Waals surface area contributed by atoms with Crippen molar-refractivity contribution in [3.63, 3.8) is 0 Å². The van der Waals surface area contributed by atoms with E-state index in [2.05, 4.69) is 36.3 Å². The van der Waals surface area contributed by atoms with Gasteiger partial charge in [-0.15, -0.1) is 0 Å². The van der Waals surface area contributed by atoms with Crippen LogP contribution in [0.15, 0.2) is 36.5 Å². The lowest BCUT2D eigenvalue weighted by molar-refractivity contribution is 0.150. The normalized spacial score (nSPS) is 23.3. The molecule has 1 N–H and O–H groups in total. The molecule has 1 aromatic heterocycles. The predicted molar refractivity (Wildman–Crippen MR) is 74.8 cm³/mol. The number of nitrogens with zero attached hydrogens (tertiary/aromatic N) is 2. The summed E-state index contributed by atoms with van der Waals surface area (Å²) in [7, 11) is 1.91. The standard InChI is InChI=1S/C16H20N2O/c1-3-15-14(10-18(2)17-15)16(19)13-9-12(13)11-7-5-4-6-8-11/h4-8,10,12-13,16,19H,3,9H2,1-2H3. The Bertz CT molecular complexity index is 561. The molecule has 1 aromatic carbocycles. The van der Waals surface area contributed by atoms with Gasteiger partial charge in [0.05, 0.1) is 11.8 Å². The number of aromatic nitrogens is 2. The topological polar surface area (TPSA) is 38.0 Å². The molecule has 0 spiro atoms. The van der Waals surface area contributed by atoms with Crippen LogP contribution in [0, 0.1) is 5.92 Å². The zero-order valence-corrected chi connectivity index (χ0v) is 11.5. The van der Waals surface area contributed by atoms with Gasteiger partial charge in [-0.25, -0.2) is 0 Å². The lowest BCUT2D eigenvalue weighted by Crippen LogP contribution is -2.03. The smallest absolute Gasteiger partial charge is 0.0857 e. The van der Waals surface area contributed by atoms with E-state index in [1.807, 2.05) is 19.3 Å². The highest BCUT2D eigenvalue weighted by Crippen LogP contribution is 2.54. The van der Waals surface area contributed by atoms with Gasteiger partial charge in [-0.05, 0) is 30.2 Å². The fourth-order valence-corrected chi connectivity index (χ4v) is 2.95. The summed E-state index contributed by atoms with van der Waals surface area (Å²) in [5.74, 6) is 0.845. The summed E-state index contributed by atoms with van der Waals surface area (Å²) in [6.07, 6.45) is 3.53. The van der Waals surface area contributed by atoms with Crippen molar-refractivity contribution in [1.82, 2.24) is 9.78 Å². The van der Waals surface area contributed by atoms with Gasteiger partial charge in [0.15, 0.2) is 0 Å². The zero-order chi connectivity index (χ0) is 13.4. The molecular weight excluding hydrogens is 236 g/mol. The van der Waals surface area contributed by atoms with E-state index in [1.54, 1.807) is 4.68 Å². The Morgan fingerprint density at radius 3 is 2.79 bits per heavy atom. The first kappa shape index (κ1) is 12.4. The number of aliphatic hydroxyl groups is 1. The van der Waals surface area contributed by atoms with Crippen molar-refractivity contribution < 1.29 is 5.11 Å². The average Bonchev–Trinajstić information content (AvgIpc) is 3.15. The van der Waals surface area contributed by atoms with Crippen LogP contribution in [0.4, 0.5) is 0 Å². The van der Waals surface area contributed by atoms with E-state index >= 15 is 0 Å². The molecular formula is C16H20N2O. The van der Waals surface area contributed by atoms with Crippen LogP contribution >= 0.6 is 0 Å². The molecule has 0 aliphatic heterocycles. The van der Waals surface area contributed by atoms with Gasteiger partial charge in [-0.3, -0.25) is 4.68 Å². The maximum Gasteiger partial charge on any atom is 0.0857 e. The lowest BCUT2D eigenvalue weighted by Gasteiger charge is -2.10. The van der Waals surface area contributed by atoms with E-state index in [-0.39, 0.29) is 6.10 Å². The number of aliphatic hydroxyl groups excluding tert-OH is 1. The molecule has 2 aromatic rings. The quantitative estimate of drug-likeness (QED) is 0.913. The summed E-state index contributed by atoms with van der Waals surface area (Å²) in [6.45, 7) is 2.08. The molecule has 0 radical (unpaired) electrons. The minimum Gasteiger partial charge on any atom is -0.388 e. The molecule has 0 saturated heterocycles. The fraction of sp³-hybridized carbons (Fsp3) is 0.438. The number of hydrogen-bond donors (Lipinski definition) is 1. The molecule has 0 bridgehead atoms. The van der Waals surface area contributed by atoms with Gasteiger partial charge >= 0.3 is 0 Å². The second-order valence-corrected chi connectivity index (χ2v) is 5.42. The lowest BCUT2D eigenvalue weighted by atomic mass is 10.0. The fourth-order valence-electron chi connectivity index (χ4n) is 2.95. The molecule has 19 heavy (non-hydrogen) atoms. The van der Waals surface area contributed by atoms with Crippen molar-refractivity contribution in [2.75, 3.05) is 0 Å². The van der Waals surface area contributed by atoms with Crippen LogP contribution in [0.2, 0.25) is 0 Å². The van der Waals surface area contributed by atoms with Crippen LogP contribution in [0.3, 0.4) is 0 Å². The number of hydrogen-bond acceptors (Lipinski definition) is 2. The van der Waals surface area contributed by atoms with Crippen LogP contribution < -0.4 is 0 Å². The SMILES string of the molecule is CCc1nn(C)cc1C(O)C1CC1c1ccccc1. The Labute approximate surface area is 113 Å². The minimum atomic E-state index is -0.381. The van der Waals surface area contributed by atoms with Crippen LogP contribution in [0.5, 0.6) is 0 Å². The summed E-state index contributed by atoms with van der Waals surface area (Å²) >= 11 is 0. The summed E-state index contributed by atoms with van der Waals surface area (Å²) in [6, 6.07) is 10.5. The molecule has 0 amide bonds. The molecule has 3 heteroatoms. The minimum absolute atomic E-state index is 0.344. The van der Waals surface area contributed by atoms with Gasteiger partial charge in [0, 0.05) is 18.8 Å². The van der Waals surface area contributed by atoms with Crippen molar-refractivity contribution in [2.45, 2.75) is 31.8 Å². The van der Waals surface area contributed by atoms with Gasteiger partial charge in [0.2, 0.25) is 0 Å². The third-order valence-electron chi connectivity index (χ3n) is 4.06. The Hall–Kier alpha value is -1.61. The van der Waals surface area contributed by atoms with Crippen LogP contribution in [-0.4, -0.2) is 14.9 Å². The van der Waals surface area contributed by atoms with Gasteiger partial charge in [-0.2, -0.15) is 5.10 Å². The van der Waals surface area contributed by atoms with Gasteiger partial charge in [0.25, 0.3) is 0 Å². The van der Waals surface area contributed by atoms with Crippen molar-refractivity contribution in [3.05, 3.63) is 53.3 Å². The Kier molecular flexibility index (Phi) is 3.15. The number of aryl methyl sites for hydroxylation is 2. The number of benzene rings is 1. The van der Waals surface area contributed by atoms with E-state index in [9.17, 15) is 5.11 Å². The molecule has 3 unspecified atom stereocenters. The first-order valence-corrected chi connectivity index (χ1v) is 6.96. The number of rotatable bonds is 4. The monoisotopic (exact) mass is 256 g/mol. The van der Waals surface area contributed by atoms with Crippen LogP contribution in [0.1, 0.15) is 42.2 Å². The first-order chi connectivity index (χ1) is 9.20. The Morgan fingerprint density at radius 1 is 1.37 bits per heavy atom. The highest BCUT2D eigenvalue weighted by molar-refractivity contribution is 5.30. The third-order valence-corrected chi connectivity index (χ3v) is 4.06. The van der Waals surface area contributed by atoms with Crippen LogP contribution in [0.25, 0.3) is 0 Å². The van der Waals surface area contributed by atoms with Crippen LogP contribution in [-0.2, 0) is 13.5 Å².